The molecule has 2 heterocycles. The third-order valence-corrected chi connectivity index (χ3v) is 9.54. The summed E-state index contributed by atoms with van der Waals surface area (Å²) in [6.45, 7) is 6.39. The number of nitrogens with one attached hydrogen (secondary N) is 1. The molecule has 0 saturated heterocycles. The molecule has 0 spiro atoms. The summed E-state index contributed by atoms with van der Waals surface area (Å²) in [6.07, 6.45) is 4.35. The van der Waals surface area contributed by atoms with E-state index >= 15 is 0 Å². The lowest BCUT2D eigenvalue weighted by Crippen LogP contribution is -2.30. The first-order valence-electron chi connectivity index (χ1n) is 11.4. The first-order chi connectivity index (χ1) is 15.7. The Kier molecular flexibility index (Phi) is 6.89. The second kappa shape index (κ2) is 9.53. The summed E-state index contributed by atoms with van der Waals surface area (Å²) in [5.74, 6) is 0.534. The molecular weight excluding hydrogens is 456 g/mol. The molecule has 4 rings (SSSR count). The second-order valence-electron chi connectivity index (χ2n) is 9.45. The molecular formula is C24H30N4O3S2. The van der Waals surface area contributed by atoms with Gasteiger partial charge in [-0.2, -0.15) is 5.26 Å². The van der Waals surface area contributed by atoms with Gasteiger partial charge in [-0.3, -0.25) is 9.69 Å². The zero-order valence-corrected chi connectivity index (χ0v) is 20.8. The lowest BCUT2D eigenvalue weighted by atomic mass is 9.72. The third-order valence-electron chi connectivity index (χ3n) is 6.79. The van der Waals surface area contributed by atoms with Gasteiger partial charge in [-0.05, 0) is 56.2 Å². The van der Waals surface area contributed by atoms with E-state index in [1.54, 1.807) is 31.2 Å². The van der Waals surface area contributed by atoms with Crippen molar-refractivity contribution in [2.75, 3.05) is 17.6 Å². The highest BCUT2D eigenvalue weighted by atomic mass is 32.2. The van der Waals surface area contributed by atoms with Gasteiger partial charge in [0, 0.05) is 24.5 Å². The molecule has 1 aliphatic heterocycles. The van der Waals surface area contributed by atoms with E-state index in [-0.39, 0.29) is 28.4 Å². The maximum atomic E-state index is 12.5. The Morgan fingerprint density at radius 2 is 1.97 bits per heavy atom. The molecule has 0 unspecified atom stereocenters. The summed E-state index contributed by atoms with van der Waals surface area (Å²) in [5.41, 5.74) is 1.66. The van der Waals surface area contributed by atoms with E-state index in [1.165, 1.54) is 16.2 Å². The molecule has 1 aromatic heterocycles. The van der Waals surface area contributed by atoms with Gasteiger partial charge in [0.25, 0.3) is 0 Å². The standard InChI is InChI=1S/C24H30N4O3S2/c1-3-33(30,31)19-6-4-17(5-7-19)12-22(29)27-23-26-20-14-28(15-21(20)32-23)13-18-8-10-24(2,16-25)11-9-18/h4-7,18H,3,8-15H2,1-2H3,(H,26,27,29). The van der Waals surface area contributed by atoms with Crippen molar-refractivity contribution in [3.63, 3.8) is 0 Å². The quantitative estimate of drug-likeness (QED) is 0.630. The Morgan fingerprint density at radius 1 is 1.27 bits per heavy atom. The molecule has 1 aliphatic carbocycles. The van der Waals surface area contributed by atoms with E-state index in [2.05, 4.69) is 28.2 Å². The SMILES string of the molecule is CCS(=O)(=O)c1ccc(CC(=O)Nc2nc3c(s2)CN(CC2CCC(C)(C#N)CC2)C3)cc1. The smallest absolute Gasteiger partial charge is 0.230 e. The molecule has 9 heteroatoms. The lowest BCUT2D eigenvalue weighted by molar-refractivity contribution is -0.115. The summed E-state index contributed by atoms with van der Waals surface area (Å²) >= 11 is 1.53. The van der Waals surface area contributed by atoms with Crippen molar-refractivity contribution < 1.29 is 13.2 Å². The minimum Gasteiger partial charge on any atom is -0.302 e. The van der Waals surface area contributed by atoms with E-state index in [0.717, 1.165) is 56.6 Å². The number of nitriles is 1. The number of anilines is 1. The fourth-order valence-corrected chi connectivity index (χ4v) is 6.50. The first-order valence-corrected chi connectivity index (χ1v) is 13.9. The highest BCUT2D eigenvalue weighted by Gasteiger charge is 2.33. The van der Waals surface area contributed by atoms with Gasteiger partial charge in [-0.15, -0.1) is 11.3 Å². The van der Waals surface area contributed by atoms with Crippen LogP contribution < -0.4 is 5.32 Å². The van der Waals surface area contributed by atoms with Gasteiger partial charge < -0.3 is 5.32 Å². The summed E-state index contributed by atoms with van der Waals surface area (Å²) in [7, 11) is -3.24. The van der Waals surface area contributed by atoms with Crippen LogP contribution >= 0.6 is 11.3 Å². The number of amides is 1. The van der Waals surface area contributed by atoms with Crippen LogP contribution in [0.5, 0.6) is 0 Å². The van der Waals surface area contributed by atoms with Gasteiger partial charge in [-0.25, -0.2) is 13.4 Å². The van der Waals surface area contributed by atoms with Crippen LogP contribution in [-0.2, 0) is 34.1 Å². The van der Waals surface area contributed by atoms with Gasteiger partial charge in [0.15, 0.2) is 15.0 Å². The number of rotatable bonds is 7. The molecule has 1 N–H and O–H groups in total. The summed E-state index contributed by atoms with van der Waals surface area (Å²) in [4.78, 5) is 21.0. The number of sulfone groups is 1. The number of aromatic nitrogens is 1. The number of thiazole rings is 1. The molecule has 7 nitrogen and oxygen atoms in total. The highest BCUT2D eigenvalue weighted by molar-refractivity contribution is 7.91. The van der Waals surface area contributed by atoms with Crippen molar-refractivity contribution in [1.29, 1.82) is 5.26 Å². The fraction of sp³-hybridized carbons (Fsp3) is 0.542. The van der Waals surface area contributed by atoms with Crippen LogP contribution in [0.4, 0.5) is 5.13 Å². The Bertz CT molecular complexity index is 1130. The first kappa shape index (κ1) is 23.9. The predicted molar refractivity (Wildman–Crippen MR) is 128 cm³/mol. The number of hydrogen-bond donors (Lipinski definition) is 1. The molecule has 1 amide bonds. The van der Waals surface area contributed by atoms with Crippen molar-refractivity contribution in [2.24, 2.45) is 11.3 Å². The molecule has 2 aromatic rings. The minimum absolute atomic E-state index is 0.0558. The number of carbonyl (C=O) groups is 1. The van der Waals surface area contributed by atoms with Crippen molar-refractivity contribution in [1.82, 2.24) is 9.88 Å². The van der Waals surface area contributed by atoms with Crippen LogP contribution in [0.2, 0.25) is 0 Å². The Labute approximate surface area is 199 Å². The van der Waals surface area contributed by atoms with Gasteiger partial charge in [0.2, 0.25) is 5.91 Å². The zero-order chi connectivity index (χ0) is 23.6. The van der Waals surface area contributed by atoms with Crippen LogP contribution in [0.3, 0.4) is 0 Å². The minimum atomic E-state index is -3.24. The highest BCUT2D eigenvalue weighted by Crippen LogP contribution is 2.39. The number of benzene rings is 1. The fourth-order valence-electron chi connectivity index (χ4n) is 4.59. The van der Waals surface area contributed by atoms with Gasteiger partial charge in [-0.1, -0.05) is 19.1 Å². The molecule has 1 saturated carbocycles. The zero-order valence-electron chi connectivity index (χ0n) is 19.1. The van der Waals surface area contributed by atoms with E-state index in [1.807, 2.05) is 0 Å². The second-order valence-corrected chi connectivity index (χ2v) is 12.8. The maximum absolute atomic E-state index is 12.5. The average molecular weight is 487 g/mol. The van der Waals surface area contributed by atoms with Crippen LogP contribution in [0.25, 0.3) is 0 Å². The lowest BCUT2D eigenvalue weighted by Gasteiger charge is -2.33. The van der Waals surface area contributed by atoms with Gasteiger partial charge >= 0.3 is 0 Å². The number of fused-ring (bicyclic) bond motifs is 1. The summed E-state index contributed by atoms with van der Waals surface area (Å²) in [6, 6.07) is 8.96. The number of carbonyl (C=O) groups excluding carboxylic acids is 1. The molecule has 176 valence electrons. The maximum Gasteiger partial charge on any atom is 0.230 e. The van der Waals surface area contributed by atoms with E-state index in [0.29, 0.717) is 11.0 Å². The van der Waals surface area contributed by atoms with Crippen LogP contribution in [-0.4, -0.2) is 36.5 Å². The Morgan fingerprint density at radius 3 is 2.58 bits per heavy atom. The third kappa shape index (κ3) is 5.62. The van der Waals surface area contributed by atoms with Crippen LogP contribution in [0.15, 0.2) is 29.2 Å². The van der Waals surface area contributed by atoms with E-state index < -0.39 is 9.84 Å². The average Bonchev–Trinajstić information content (AvgIpc) is 3.33. The largest absolute Gasteiger partial charge is 0.302 e. The van der Waals surface area contributed by atoms with Crippen molar-refractivity contribution in [3.05, 3.63) is 40.4 Å². The number of nitrogens with zero attached hydrogens (tertiary/aromatic N) is 3. The molecule has 1 aromatic carbocycles. The Hall–Kier alpha value is -2.28. The van der Waals surface area contributed by atoms with Gasteiger partial charge in [0.05, 0.1) is 34.2 Å². The molecule has 2 aliphatic rings. The molecule has 0 radical (unpaired) electrons. The topological polar surface area (TPSA) is 103 Å². The monoisotopic (exact) mass is 486 g/mol. The normalized spacial score (nSPS) is 23.1. The molecule has 0 atom stereocenters. The van der Waals surface area contributed by atoms with E-state index in [4.69, 9.17) is 0 Å². The van der Waals surface area contributed by atoms with Gasteiger partial charge in [0.1, 0.15) is 0 Å². The van der Waals surface area contributed by atoms with Crippen molar-refractivity contribution in [3.8, 4) is 6.07 Å². The Balaban J connectivity index is 1.26. The summed E-state index contributed by atoms with van der Waals surface area (Å²) < 4.78 is 23.8. The molecule has 33 heavy (non-hydrogen) atoms. The summed E-state index contributed by atoms with van der Waals surface area (Å²) in [5, 5.41) is 12.8. The molecule has 1 fully saturated rings. The predicted octanol–water partition coefficient (Wildman–Crippen LogP) is 4.15. The van der Waals surface area contributed by atoms with Crippen molar-refractivity contribution >= 4 is 32.2 Å². The number of hydrogen-bond acceptors (Lipinski definition) is 7. The van der Waals surface area contributed by atoms with Crippen LogP contribution in [0, 0.1) is 22.7 Å². The van der Waals surface area contributed by atoms with E-state index in [9.17, 15) is 18.5 Å². The molecule has 0 bridgehead atoms. The van der Waals surface area contributed by atoms with Crippen LogP contribution in [0.1, 0.15) is 55.7 Å². The van der Waals surface area contributed by atoms with Crippen molar-refractivity contribution in [2.45, 2.75) is 63.9 Å².